The summed E-state index contributed by atoms with van der Waals surface area (Å²) in [4.78, 5) is 17.1. The molecule has 1 amide bonds. The molecule has 3 heteroatoms. The van der Waals surface area contributed by atoms with Gasteiger partial charge in [-0.05, 0) is 51.6 Å². The molecule has 2 heterocycles. The molecule has 3 rings (SSSR count). The maximum atomic E-state index is 12.2. The van der Waals surface area contributed by atoms with E-state index in [9.17, 15) is 4.79 Å². The lowest BCUT2D eigenvalue weighted by Crippen LogP contribution is -2.44. The van der Waals surface area contributed by atoms with E-state index in [0.717, 1.165) is 25.9 Å². The third kappa shape index (κ3) is 2.87. The van der Waals surface area contributed by atoms with Crippen molar-refractivity contribution in [1.29, 1.82) is 0 Å². The van der Waals surface area contributed by atoms with Crippen LogP contribution in [0.3, 0.4) is 0 Å². The van der Waals surface area contributed by atoms with Crippen LogP contribution in [0.25, 0.3) is 0 Å². The van der Waals surface area contributed by atoms with Gasteiger partial charge in [0.15, 0.2) is 0 Å². The minimum absolute atomic E-state index is 0.398. The number of hydrogen-bond acceptors (Lipinski definition) is 2. The SMILES string of the molecule is O=C(C1CC1)N1CCC[C@@H]1CN1CCCCCC1. The van der Waals surface area contributed by atoms with Gasteiger partial charge in [-0.3, -0.25) is 4.79 Å². The van der Waals surface area contributed by atoms with Gasteiger partial charge in [0.05, 0.1) is 0 Å². The molecule has 0 aromatic heterocycles. The van der Waals surface area contributed by atoms with Crippen LogP contribution >= 0.6 is 0 Å². The van der Waals surface area contributed by atoms with E-state index in [4.69, 9.17) is 0 Å². The van der Waals surface area contributed by atoms with Crippen molar-refractivity contribution in [1.82, 2.24) is 9.80 Å². The standard InChI is InChI=1S/C15H26N2O/c18-15(13-7-8-13)17-11-5-6-14(17)12-16-9-3-1-2-4-10-16/h13-14H,1-12H2/t14-/m1/s1. The normalized spacial score (nSPS) is 30.4. The van der Waals surface area contributed by atoms with Gasteiger partial charge < -0.3 is 9.80 Å². The predicted octanol–water partition coefficient (Wildman–Crippen LogP) is 2.26. The smallest absolute Gasteiger partial charge is 0.225 e. The molecule has 0 radical (unpaired) electrons. The Labute approximate surface area is 111 Å². The predicted molar refractivity (Wildman–Crippen MR) is 72.4 cm³/mol. The molecule has 1 aliphatic carbocycles. The highest BCUT2D eigenvalue weighted by Gasteiger charge is 2.38. The summed E-state index contributed by atoms with van der Waals surface area (Å²) in [6.07, 6.45) is 10.2. The molecular weight excluding hydrogens is 224 g/mol. The second kappa shape index (κ2) is 5.60. The molecule has 2 saturated heterocycles. The fraction of sp³-hybridized carbons (Fsp3) is 0.933. The number of rotatable bonds is 3. The summed E-state index contributed by atoms with van der Waals surface area (Å²) < 4.78 is 0. The Morgan fingerprint density at radius 3 is 2.28 bits per heavy atom. The van der Waals surface area contributed by atoms with Crippen molar-refractivity contribution in [3.63, 3.8) is 0 Å². The van der Waals surface area contributed by atoms with E-state index in [2.05, 4.69) is 9.80 Å². The number of carbonyl (C=O) groups is 1. The zero-order valence-electron chi connectivity index (χ0n) is 11.4. The first-order valence-electron chi connectivity index (χ1n) is 7.87. The van der Waals surface area contributed by atoms with Crippen molar-refractivity contribution < 1.29 is 4.79 Å². The van der Waals surface area contributed by atoms with Crippen LogP contribution in [0.15, 0.2) is 0 Å². The minimum Gasteiger partial charge on any atom is -0.338 e. The highest BCUT2D eigenvalue weighted by Crippen LogP contribution is 2.33. The lowest BCUT2D eigenvalue weighted by atomic mass is 10.2. The Balaban J connectivity index is 1.54. The molecule has 3 nitrogen and oxygen atoms in total. The van der Waals surface area contributed by atoms with Crippen LogP contribution in [-0.4, -0.2) is 47.9 Å². The Hall–Kier alpha value is -0.570. The number of carbonyl (C=O) groups excluding carboxylic acids is 1. The van der Waals surface area contributed by atoms with Crippen LogP contribution in [0.5, 0.6) is 0 Å². The Morgan fingerprint density at radius 1 is 0.889 bits per heavy atom. The maximum Gasteiger partial charge on any atom is 0.225 e. The summed E-state index contributed by atoms with van der Waals surface area (Å²) in [5.41, 5.74) is 0. The fourth-order valence-electron chi connectivity index (χ4n) is 3.50. The van der Waals surface area contributed by atoms with Crippen LogP contribution in [0.1, 0.15) is 51.4 Å². The number of amides is 1. The Bertz CT molecular complexity index is 293. The maximum absolute atomic E-state index is 12.2. The van der Waals surface area contributed by atoms with E-state index in [1.165, 1.54) is 51.6 Å². The summed E-state index contributed by atoms with van der Waals surface area (Å²) in [5.74, 6) is 0.863. The molecule has 1 atom stereocenters. The quantitative estimate of drug-likeness (QED) is 0.767. The lowest BCUT2D eigenvalue weighted by molar-refractivity contribution is -0.133. The van der Waals surface area contributed by atoms with Gasteiger partial charge in [0.1, 0.15) is 0 Å². The minimum atomic E-state index is 0.398. The fourth-order valence-corrected chi connectivity index (χ4v) is 3.50. The van der Waals surface area contributed by atoms with Crippen LogP contribution < -0.4 is 0 Å². The molecule has 18 heavy (non-hydrogen) atoms. The molecule has 0 N–H and O–H groups in total. The molecule has 102 valence electrons. The van der Waals surface area contributed by atoms with Crippen LogP contribution in [0.2, 0.25) is 0 Å². The topological polar surface area (TPSA) is 23.6 Å². The third-order valence-electron chi connectivity index (χ3n) is 4.75. The summed E-state index contributed by atoms with van der Waals surface area (Å²) in [6, 6.07) is 0.524. The highest BCUT2D eigenvalue weighted by atomic mass is 16.2. The van der Waals surface area contributed by atoms with Crippen molar-refractivity contribution in [2.24, 2.45) is 5.92 Å². The molecule has 0 unspecified atom stereocenters. The van der Waals surface area contributed by atoms with Crippen molar-refractivity contribution in [3.8, 4) is 0 Å². The summed E-state index contributed by atoms with van der Waals surface area (Å²) in [6.45, 7) is 4.66. The van der Waals surface area contributed by atoms with Crippen LogP contribution in [-0.2, 0) is 4.79 Å². The summed E-state index contributed by atoms with van der Waals surface area (Å²) in [7, 11) is 0. The first kappa shape index (κ1) is 12.5. The molecule has 1 saturated carbocycles. The first-order valence-corrected chi connectivity index (χ1v) is 7.87. The monoisotopic (exact) mass is 250 g/mol. The van der Waals surface area contributed by atoms with Crippen LogP contribution in [0.4, 0.5) is 0 Å². The molecular formula is C15H26N2O. The molecule has 0 spiro atoms. The van der Waals surface area contributed by atoms with Gasteiger partial charge in [0.2, 0.25) is 5.91 Å². The van der Waals surface area contributed by atoms with E-state index in [-0.39, 0.29) is 0 Å². The lowest BCUT2D eigenvalue weighted by Gasteiger charge is -2.30. The van der Waals surface area contributed by atoms with Gasteiger partial charge >= 0.3 is 0 Å². The molecule has 0 aromatic carbocycles. The van der Waals surface area contributed by atoms with Gasteiger partial charge in [-0.1, -0.05) is 12.8 Å². The number of likely N-dealkylation sites (tertiary alicyclic amines) is 2. The largest absolute Gasteiger partial charge is 0.338 e. The van der Waals surface area contributed by atoms with E-state index in [1.807, 2.05) is 0 Å². The molecule has 0 bridgehead atoms. The van der Waals surface area contributed by atoms with E-state index in [0.29, 0.717) is 17.9 Å². The van der Waals surface area contributed by atoms with Crippen molar-refractivity contribution >= 4 is 5.91 Å². The van der Waals surface area contributed by atoms with Gasteiger partial charge in [-0.25, -0.2) is 0 Å². The zero-order chi connectivity index (χ0) is 12.4. The highest BCUT2D eigenvalue weighted by molar-refractivity contribution is 5.81. The Morgan fingerprint density at radius 2 is 1.61 bits per heavy atom. The Kier molecular flexibility index (Phi) is 3.88. The van der Waals surface area contributed by atoms with Crippen molar-refractivity contribution in [2.45, 2.75) is 57.4 Å². The van der Waals surface area contributed by atoms with Crippen molar-refractivity contribution in [2.75, 3.05) is 26.2 Å². The second-order valence-corrected chi connectivity index (χ2v) is 6.32. The van der Waals surface area contributed by atoms with E-state index in [1.54, 1.807) is 0 Å². The average molecular weight is 250 g/mol. The summed E-state index contributed by atoms with van der Waals surface area (Å²) >= 11 is 0. The van der Waals surface area contributed by atoms with Gasteiger partial charge in [-0.15, -0.1) is 0 Å². The van der Waals surface area contributed by atoms with Gasteiger partial charge in [0.25, 0.3) is 0 Å². The third-order valence-corrected chi connectivity index (χ3v) is 4.75. The number of nitrogens with zero attached hydrogens (tertiary/aromatic N) is 2. The van der Waals surface area contributed by atoms with Crippen LogP contribution in [0, 0.1) is 5.92 Å². The molecule has 0 aromatic rings. The number of hydrogen-bond donors (Lipinski definition) is 0. The zero-order valence-corrected chi connectivity index (χ0v) is 11.4. The van der Waals surface area contributed by atoms with Gasteiger partial charge in [0, 0.05) is 25.0 Å². The second-order valence-electron chi connectivity index (χ2n) is 6.32. The van der Waals surface area contributed by atoms with Gasteiger partial charge in [-0.2, -0.15) is 0 Å². The first-order chi connectivity index (χ1) is 8.84. The molecule has 2 aliphatic heterocycles. The molecule has 3 aliphatic rings. The van der Waals surface area contributed by atoms with E-state index >= 15 is 0 Å². The van der Waals surface area contributed by atoms with E-state index < -0.39 is 0 Å². The average Bonchev–Trinajstić information content (AvgIpc) is 3.15. The van der Waals surface area contributed by atoms with Crippen molar-refractivity contribution in [3.05, 3.63) is 0 Å². The summed E-state index contributed by atoms with van der Waals surface area (Å²) in [5, 5.41) is 0. The molecule has 3 fully saturated rings.